The maximum atomic E-state index is 2.66. The summed E-state index contributed by atoms with van der Waals surface area (Å²) in [4.78, 5) is 2.66. The van der Waals surface area contributed by atoms with Gasteiger partial charge in [0.25, 0.3) is 0 Å². The van der Waals surface area contributed by atoms with Gasteiger partial charge in [-0.05, 0) is 38.6 Å². The highest BCUT2D eigenvalue weighted by molar-refractivity contribution is 4.90. The average molecular weight is 181 g/mol. The first kappa shape index (κ1) is 9.51. The largest absolute Gasteiger partial charge is 0.300 e. The van der Waals surface area contributed by atoms with Crippen molar-refractivity contribution in [3.05, 3.63) is 0 Å². The Bertz CT molecular complexity index is 153. The molecule has 76 valence electrons. The third-order valence-electron chi connectivity index (χ3n) is 4.13. The van der Waals surface area contributed by atoms with Crippen molar-refractivity contribution >= 4 is 0 Å². The van der Waals surface area contributed by atoms with Crippen LogP contribution in [-0.4, -0.2) is 24.0 Å². The molecule has 2 unspecified atom stereocenters. The molecule has 2 bridgehead atoms. The van der Waals surface area contributed by atoms with Gasteiger partial charge in [0.05, 0.1) is 0 Å². The molecule has 13 heavy (non-hydrogen) atoms. The maximum Gasteiger partial charge on any atom is 0.00978 e. The third kappa shape index (κ3) is 1.90. The van der Waals surface area contributed by atoms with Gasteiger partial charge in [0.2, 0.25) is 0 Å². The molecule has 2 aliphatic rings. The van der Waals surface area contributed by atoms with Gasteiger partial charge in [-0.1, -0.05) is 26.2 Å². The summed E-state index contributed by atoms with van der Waals surface area (Å²) in [6, 6.07) is 1.87. The second kappa shape index (κ2) is 4.00. The minimum atomic E-state index is 0.934. The fourth-order valence-electron chi connectivity index (χ4n) is 3.37. The zero-order chi connectivity index (χ0) is 9.26. The molecule has 2 aliphatic heterocycles. The van der Waals surface area contributed by atoms with E-state index in [1.165, 1.54) is 44.9 Å². The molecule has 2 rings (SSSR count). The molecule has 2 atom stereocenters. The molecule has 0 N–H and O–H groups in total. The Morgan fingerprint density at radius 2 is 1.77 bits per heavy atom. The van der Waals surface area contributed by atoms with E-state index in [2.05, 4.69) is 18.9 Å². The van der Waals surface area contributed by atoms with Gasteiger partial charge in [0, 0.05) is 12.1 Å². The second-order valence-electron chi connectivity index (χ2n) is 5.03. The van der Waals surface area contributed by atoms with E-state index in [0.29, 0.717) is 0 Å². The zero-order valence-corrected chi connectivity index (χ0v) is 9.13. The SMILES string of the molecule is CCCC1CC2CCCC(C1)N2C. The van der Waals surface area contributed by atoms with Crippen LogP contribution in [0.1, 0.15) is 51.9 Å². The minimum Gasteiger partial charge on any atom is -0.300 e. The van der Waals surface area contributed by atoms with Crippen LogP contribution in [0.15, 0.2) is 0 Å². The van der Waals surface area contributed by atoms with Gasteiger partial charge in [0.15, 0.2) is 0 Å². The average Bonchev–Trinajstić information content (AvgIpc) is 2.07. The van der Waals surface area contributed by atoms with Crippen molar-refractivity contribution in [2.45, 2.75) is 64.0 Å². The van der Waals surface area contributed by atoms with Crippen molar-refractivity contribution < 1.29 is 0 Å². The van der Waals surface area contributed by atoms with Crippen molar-refractivity contribution in [1.29, 1.82) is 0 Å². The first-order valence-corrected chi connectivity index (χ1v) is 6.03. The molecule has 0 aromatic heterocycles. The topological polar surface area (TPSA) is 3.24 Å². The van der Waals surface area contributed by atoms with Gasteiger partial charge in [0.1, 0.15) is 0 Å². The Balaban J connectivity index is 1.95. The van der Waals surface area contributed by atoms with Crippen LogP contribution in [0, 0.1) is 5.92 Å². The summed E-state index contributed by atoms with van der Waals surface area (Å²) < 4.78 is 0. The summed E-state index contributed by atoms with van der Waals surface area (Å²) in [6.07, 6.45) is 10.2. The van der Waals surface area contributed by atoms with Crippen molar-refractivity contribution in [3.8, 4) is 0 Å². The van der Waals surface area contributed by atoms with Crippen molar-refractivity contribution in [1.82, 2.24) is 4.90 Å². The molecule has 0 aromatic carbocycles. The van der Waals surface area contributed by atoms with Gasteiger partial charge >= 0.3 is 0 Å². The first-order chi connectivity index (χ1) is 6.31. The summed E-state index contributed by atoms with van der Waals surface area (Å²) in [5.41, 5.74) is 0. The number of hydrogen-bond donors (Lipinski definition) is 0. The summed E-state index contributed by atoms with van der Waals surface area (Å²) in [5, 5.41) is 0. The van der Waals surface area contributed by atoms with E-state index in [9.17, 15) is 0 Å². The van der Waals surface area contributed by atoms with Gasteiger partial charge in [-0.15, -0.1) is 0 Å². The van der Waals surface area contributed by atoms with Crippen LogP contribution in [0.2, 0.25) is 0 Å². The fraction of sp³-hybridized carbons (Fsp3) is 1.00. The highest BCUT2D eigenvalue weighted by Gasteiger charge is 2.35. The standard InChI is InChI=1S/C12H23N/c1-3-5-10-8-11-6-4-7-12(9-10)13(11)2/h10-12H,3-9H2,1-2H3. The Morgan fingerprint density at radius 1 is 1.15 bits per heavy atom. The number of piperidine rings is 2. The molecule has 0 aliphatic carbocycles. The predicted octanol–water partition coefficient (Wildman–Crippen LogP) is 3.05. The van der Waals surface area contributed by atoms with Crippen LogP contribution in [0.3, 0.4) is 0 Å². The maximum absolute atomic E-state index is 2.66. The van der Waals surface area contributed by atoms with E-state index >= 15 is 0 Å². The number of rotatable bonds is 2. The molecular weight excluding hydrogens is 158 g/mol. The first-order valence-electron chi connectivity index (χ1n) is 6.03. The smallest absolute Gasteiger partial charge is 0.00978 e. The zero-order valence-electron chi connectivity index (χ0n) is 9.13. The molecule has 0 aromatic rings. The summed E-state index contributed by atoms with van der Waals surface area (Å²) in [5.74, 6) is 1.05. The van der Waals surface area contributed by atoms with Crippen molar-refractivity contribution in [2.75, 3.05) is 7.05 Å². The quantitative estimate of drug-likeness (QED) is 0.633. The molecule has 1 nitrogen and oxygen atoms in total. The van der Waals surface area contributed by atoms with Crippen LogP contribution in [0.25, 0.3) is 0 Å². The van der Waals surface area contributed by atoms with E-state index in [4.69, 9.17) is 0 Å². The van der Waals surface area contributed by atoms with Gasteiger partial charge in [-0.25, -0.2) is 0 Å². The van der Waals surface area contributed by atoms with Crippen LogP contribution in [0.5, 0.6) is 0 Å². The Morgan fingerprint density at radius 3 is 2.31 bits per heavy atom. The highest BCUT2D eigenvalue weighted by atomic mass is 15.2. The van der Waals surface area contributed by atoms with Gasteiger partial charge in [-0.2, -0.15) is 0 Å². The van der Waals surface area contributed by atoms with E-state index in [0.717, 1.165) is 18.0 Å². The molecule has 2 saturated heterocycles. The van der Waals surface area contributed by atoms with Crippen molar-refractivity contribution in [3.63, 3.8) is 0 Å². The monoisotopic (exact) mass is 181 g/mol. The van der Waals surface area contributed by atoms with Crippen LogP contribution in [-0.2, 0) is 0 Å². The number of nitrogens with zero attached hydrogens (tertiary/aromatic N) is 1. The van der Waals surface area contributed by atoms with E-state index in [1.54, 1.807) is 0 Å². The van der Waals surface area contributed by atoms with Gasteiger partial charge < -0.3 is 4.90 Å². The Labute approximate surface area is 82.5 Å². The predicted molar refractivity (Wildman–Crippen MR) is 56.8 cm³/mol. The fourth-order valence-corrected chi connectivity index (χ4v) is 3.37. The summed E-state index contributed by atoms with van der Waals surface area (Å²) >= 11 is 0. The highest BCUT2D eigenvalue weighted by Crippen LogP contribution is 2.37. The van der Waals surface area contributed by atoms with Crippen molar-refractivity contribution in [2.24, 2.45) is 5.92 Å². The number of hydrogen-bond acceptors (Lipinski definition) is 1. The number of fused-ring (bicyclic) bond motifs is 2. The molecule has 0 radical (unpaired) electrons. The molecule has 2 fully saturated rings. The molecular formula is C12H23N. The van der Waals surface area contributed by atoms with Crippen LogP contribution >= 0.6 is 0 Å². The lowest BCUT2D eigenvalue weighted by atomic mass is 9.77. The van der Waals surface area contributed by atoms with E-state index in [-0.39, 0.29) is 0 Å². The molecule has 1 heteroatoms. The van der Waals surface area contributed by atoms with Crippen LogP contribution < -0.4 is 0 Å². The summed E-state index contributed by atoms with van der Waals surface area (Å²) in [6.45, 7) is 2.33. The summed E-state index contributed by atoms with van der Waals surface area (Å²) in [7, 11) is 2.34. The van der Waals surface area contributed by atoms with Gasteiger partial charge in [-0.3, -0.25) is 0 Å². The lowest BCUT2D eigenvalue weighted by molar-refractivity contribution is 0.0340. The lowest BCUT2D eigenvalue weighted by Crippen LogP contribution is -2.49. The second-order valence-corrected chi connectivity index (χ2v) is 5.03. The Kier molecular flexibility index (Phi) is 2.92. The molecule has 2 heterocycles. The van der Waals surface area contributed by atoms with E-state index in [1.807, 2.05) is 0 Å². The van der Waals surface area contributed by atoms with Crippen LogP contribution in [0.4, 0.5) is 0 Å². The molecule has 0 saturated carbocycles. The molecule has 0 spiro atoms. The minimum absolute atomic E-state index is 0.934. The normalized spacial score (nSPS) is 40.6. The molecule has 0 amide bonds. The Hall–Kier alpha value is -0.0400. The third-order valence-corrected chi connectivity index (χ3v) is 4.13. The lowest BCUT2D eigenvalue weighted by Gasteiger charge is -2.47. The van der Waals surface area contributed by atoms with E-state index < -0.39 is 0 Å².